The molecule has 0 spiro atoms. The van der Waals surface area contributed by atoms with Gasteiger partial charge in [0.25, 0.3) is 0 Å². The lowest BCUT2D eigenvalue weighted by Gasteiger charge is -2.06. The van der Waals surface area contributed by atoms with Gasteiger partial charge in [-0.25, -0.2) is 9.97 Å². The van der Waals surface area contributed by atoms with E-state index in [1.54, 1.807) is 35.6 Å². The van der Waals surface area contributed by atoms with Gasteiger partial charge in [-0.2, -0.15) is 0 Å². The molecule has 0 saturated heterocycles. The van der Waals surface area contributed by atoms with Crippen LogP contribution in [0.25, 0.3) is 10.2 Å². The highest BCUT2D eigenvalue weighted by molar-refractivity contribution is 7.18. The van der Waals surface area contributed by atoms with Gasteiger partial charge in [0.05, 0.1) is 5.39 Å². The van der Waals surface area contributed by atoms with Crippen LogP contribution in [-0.2, 0) is 0 Å². The van der Waals surface area contributed by atoms with Crippen molar-refractivity contribution < 1.29 is 9.53 Å². The molecule has 0 aliphatic rings. The molecular formula is C14H11N3O2S. The molecule has 1 aromatic carbocycles. The van der Waals surface area contributed by atoms with E-state index in [1.165, 1.54) is 6.33 Å². The van der Waals surface area contributed by atoms with Crippen molar-refractivity contribution in [2.45, 2.75) is 6.92 Å². The largest absolute Gasteiger partial charge is 0.438 e. The highest BCUT2D eigenvalue weighted by atomic mass is 32.1. The van der Waals surface area contributed by atoms with Gasteiger partial charge in [-0.15, -0.1) is 11.3 Å². The van der Waals surface area contributed by atoms with Gasteiger partial charge in [0.15, 0.2) is 0 Å². The minimum absolute atomic E-state index is 0.397. The fraction of sp³-hybridized carbons (Fsp3) is 0.0714. The van der Waals surface area contributed by atoms with Crippen molar-refractivity contribution in [1.29, 1.82) is 0 Å². The van der Waals surface area contributed by atoms with Crippen molar-refractivity contribution in [2.24, 2.45) is 5.73 Å². The average molecular weight is 285 g/mol. The number of thiophene rings is 1. The monoisotopic (exact) mass is 285 g/mol. The first kappa shape index (κ1) is 12.6. The Bertz CT molecular complexity index is 798. The smallest absolute Gasteiger partial charge is 0.248 e. The number of aryl methyl sites for hydroxylation is 1. The zero-order valence-corrected chi connectivity index (χ0v) is 11.5. The predicted molar refractivity (Wildman–Crippen MR) is 77.2 cm³/mol. The molecule has 0 saturated carbocycles. The van der Waals surface area contributed by atoms with Crippen LogP contribution in [0.4, 0.5) is 0 Å². The quantitative estimate of drug-likeness (QED) is 0.802. The third-order valence-electron chi connectivity index (χ3n) is 2.75. The molecule has 0 aliphatic carbocycles. The van der Waals surface area contributed by atoms with Gasteiger partial charge in [0.2, 0.25) is 11.8 Å². The van der Waals surface area contributed by atoms with E-state index in [4.69, 9.17) is 10.5 Å². The number of amides is 1. The first-order chi connectivity index (χ1) is 9.63. The Morgan fingerprint density at radius 2 is 2.15 bits per heavy atom. The van der Waals surface area contributed by atoms with Crippen molar-refractivity contribution in [3.63, 3.8) is 0 Å². The molecule has 20 heavy (non-hydrogen) atoms. The van der Waals surface area contributed by atoms with Crippen LogP contribution in [0, 0.1) is 6.92 Å². The minimum Gasteiger partial charge on any atom is -0.438 e. The second-order valence-electron chi connectivity index (χ2n) is 4.25. The summed E-state index contributed by atoms with van der Waals surface area (Å²) in [5.74, 6) is 0.501. The normalized spacial score (nSPS) is 10.7. The summed E-state index contributed by atoms with van der Waals surface area (Å²) < 4.78 is 5.74. The summed E-state index contributed by atoms with van der Waals surface area (Å²) in [4.78, 5) is 21.5. The molecular weight excluding hydrogens is 274 g/mol. The number of ether oxygens (including phenoxy) is 1. The number of aromatic nitrogens is 2. The van der Waals surface area contributed by atoms with Crippen molar-refractivity contribution in [3.8, 4) is 11.6 Å². The Hall–Kier alpha value is -2.47. The molecule has 0 aliphatic heterocycles. The number of fused-ring (bicyclic) bond motifs is 1. The van der Waals surface area contributed by atoms with Gasteiger partial charge in [-0.3, -0.25) is 4.79 Å². The maximum atomic E-state index is 11.2. The van der Waals surface area contributed by atoms with Crippen LogP contribution in [-0.4, -0.2) is 15.9 Å². The Balaban J connectivity index is 2.01. The minimum atomic E-state index is -0.491. The Labute approximate surface area is 119 Å². The van der Waals surface area contributed by atoms with E-state index in [9.17, 15) is 4.79 Å². The molecule has 0 bridgehead atoms. The molecule has 100 valence electrons. The molecule has 0 atom stereocenters. The first-order valence-electron chi connectivity index (χ1n) is 5.92. The number of carbonyl (C=O) groups is 1. The number of hydrogen-bond donors (Lipinski definition) is 1. The van der Waals surface area contributed by atoms with Gasteiger partial charge in [0.1, 0.15) is 16.9 Å². The van der Waals surface area contributed by atoms with E-state index in [2.05, 4.69) is 9.97 Å². The van der Waals surface area contributed by atoms with Crippen molar-refractivity contribution in [2.75, 3.05) is 0 Å². The van der Waals surface area contributed by atoms with Crippen molar-refractivity contribution in [1.82, 2.24) is 9.97 Å². The van der Waals surface area contributed by atoms with E-state index in [1.807, 2.05) is 13.0 Å². The second kappa shape index (κ2) is 4.90. The predicted octanol–water partition coefficient (Wildman–Crippen LogP) is 2.89. The number of rotatable bonds is 3. The van der Waals surface area contributed by atoms with Crippen LogP contribution < -0.4 is 10.5 Å². The van der Waals surface area contributed by atoms with Gasteiger partial charge in [-0.05, 0) is 31.2 Å². The van der Waals surface area contributed by atoms with Crippen LogP contribution >= 0.6 is 11.3 Å². The standard InChI is InChI=1S/C14H11N3O2S/c1-8-5-11-13(16-7-17-14(11)20-8)19-10-4-2-3-9(6-10)12(15)18/h2-7H,1H3,(H2,15,18). The fourth-order valence-electron chi connectivity index (χ4n) is 1.86. The van der Waals surface area contributed by atoms with E-state index in [0.29, 0.717) is 17.2 Å². The lowest BCUT2D eigenvalue weighted by atomic mass is 10.2. The molecule has 5 nitrogen and oxygen atoms in total. The van der Waals surface area contributed by atoms with Gasteiger partial charge < -0.3 is 10.5 Å². The summed E-state index contributed by atoms with van der Waals surface area (Å²) in [6.45, 7) is 2.00. The Kier molecular flexibility index (Phi) is 3.08. The van der Waals surface area contributed by atoms with Crippen LogP contribution in [0.2, 0.25) is 0 Å². The highest BCUT2D eigenvalue weighted by Crippen LogP contribution is 2.31. The molecule has 2 aromatic heterocycles. The third-order valence-corrected chi connectivity index (χ3v) is 3.71. The summed E-state index contributed by atoms with van der Waals surface area (Å²) in [5, 5.41) is 0.861. The van der Waals surface area contributed by atoms with Crippen molar-refractivity contribution in [3.05, 3.63) is 47.1 Å². The number of nitrogens with two attached hydrogens (primary N) is 1. The molecule has 3 rings (SSSR count). The van der Waals surface area contributed by atoms with Gasteiger partial charge >= 0.3 is 0 Å². The molecule has 0 unspecified atom stereocenters. The maximum Gasteiger partial charge on any atom is 0.248 e. The first-order valence-corrected chi connectivity index (χ1v) is 6.74. The summed E-state index contributed by atoms with van der Waals surface area (Å²) in [6, 6.07) is 8.68. The zero-order chi connectivity index (χ0) is 14.1. The van der Waals surface area contributed by atoms with Crippen LogP contribution in [0.15, 0.2) is 36.7 Å². The topological polar surface area (TPSA) is 78.1 Å². The van der Waals surface area contributed by atoms with Crippen molar-refractivity contribution >= 4 is 27.5 Å². The lowest BCUT2D eigenvalue weighted by molar-refractivity contribution is 0.1000. The number of primary amides is 1. The van der Waals surface area contributed by atoms with E-state index >= 15 is 0 Å². The SMILES string of the molecule is Cc1cc2c(Oc3cccc(C(N)=O)c3)ncnc2s1. The third kappa shape index (κ3) is 2.33. The van der Waals surface area contributed by atoms with Crippen LogP contribution in [0.1, 0.15) is 15.2 Å². The summed E-state index contributed by atoms with van der Waals surface area (Å²) in [6.07, 6.45) is 1.46. The van der Waals surface area contributed by atoms with E-state index in [-0.39, 0.29) is 0 Å². The zero-order valence-electron chi connectivity index (χ0n) is 10.7. The summed E-state index contributed by atoms with van der Waals surface area (Å²) in [7, 11) is 0. The summed E-state index contributed by atoms with van der Waals surface area (Å²) >= 11 is 1.58. The molecule has 0 radical (unpaired) electrons. The molecule has 3 aromatic rings. The fourth-order valence-corrected chi connectivity index (χ4v) is 2.70. The second-order valence-corrected chi connectivity index (χ2v) is 5.48. The summed E-state index contributed by atoms with van der Waals surface area (Å²) in [5.41, 5.74) is 5.65. The van der Waals surface area contributed by atoms with Crippen LogP contribution in [0.3, 0.4) is 0 Å². The Morgan fingerprint density at radius 3 is 2.95 bits per heavy atom. The van der Waals surface area contributed by atoms with E-state index < -0.39 is 5.91 Å². The van der Waals surface area contributed by atoms with E-state index in [0.717, 1.165) is 15.1 Å². The molecule has 2 heterocycles. The molecule has 2 N–H and O–H groups in total. The molecule has 1 amide bonds. The van der Waals surface area contributed by atoms with Gasteiger partial charge in [0, 0.05) is 10.4 Å². The number of nitrogens with zero attached hydrogens (tertiary/aromatic N) is 2. The highest BCUT2D eigenvalue weighted by Gasteiger charge is 2.10. The lowest BCUT2D eigenvalue weighted by Crippen LogP contribution is -2.10. The Morgan fingerprint density at radius 1 is 1.30 bits per heavy atom. The average Bonchev–Trinajstić information content (AvgIpc) is 2.80. The maximum absolute atomic E-state index is 11.2. The van der Waals surface area contributed by atoms with Gasteiger partial charge in [-0.1, -0.05) is 6.07 Å². The molecule has 6 heteroatoms. The molecule has 0 fully saturated rings. The number of hydrogen-bond acceptors (Lipinski definition) is 5. The van der Waals surface area contributed by atoms with Crippen LogP contribution in [0.5, 0.6) is 11.6 Å². The number of carbonyl (C=O) groups excluding carboxylic acids is 1. The number of benzene rings is 1.